The number of nitrogens with zero attached hydrogens (tertiary/aromatic N) is 2. The number of carbonyl (C=O) groups is 2. The predicted molar refractivity (Wildman–Crippen MR) is 160 cm³/mol. The van der Waals surface area contributed by atoms with Crippen LogP contribution in [0.3, 0.4) is 0 Å². The first-order chi connectivity index (χ1) is 20.1. The van der Waals surface area contributed by atoms with Crippen LogP contribution in [0.15, 0.2) is 65.2 Å². The first kappa shape index (κ1) is 31.3. The molecule has 2 aromatic carbocycles. The van der Waals surface area contributed by atoms with Crippen LogP contribution in [0.4, 0.5) is 10.5 Å². The number of carbonyl (C=O) groups excluding carboxylic acids is 2. The van der Waals surface area contributed by atoms with E-state index in [2.05, 4.69) is 10.3 Å². The topological polar surface area (TPSA) is 125 Å². The summed E-state index contributed by atoms with van der Waals surface area (Å²) in [5.41, 5.74) is 0.0907. The summed E-state index contributed by atoms with van der Waals surface area (Å²) in [5, 5.41) is 24.1. The Kier molecular flexibility index (Phi) is 10.4. The fourth-order valence-electron chi connectivity index (χ4n) is 5.37. The largest absolute Gasteiger partial charge is 0.444 e. The van der Waals surface area contributed by atoms with Gasteiger partial charge in [0.15, 0.2) is 5.60 Å². The number of anilines is 1. The summed E-state index contributed by atoms with van der Waals surface area (Å²) in [6, 6.07) is 16.5. The zero-order chi connectivity index (χ0) is 30.2. The van der Waals surface area contributed by atoms with Crippen LogP contribution < -0.4 is 5.32 Å². The molecule has 1 heterocycles. The van der Waals surface area contributed by atoms with Crippen LogP contribution in [0.5, 0.6) is 0 Å². The van der Waals surface area contributed by atoms with Gasteiger partial charge < -0.3 is 29.6 Å². The Balaban J connectivity index is 1.45. The van der Waals surface area contributed by atoms with Gasteiger partial charge in [-0.2, -0.15) is 0 Å². The van der Waals surface area contributed by atoms with Gasteiger partial charge in [-0.25, -0.2) is 9.78 Å². The average Bonchev–Trinajstić information content (AvgIpc) is 3.46. The number of oxazole rings is 1. The van der Waals surface area contributed by atoms with E-state index in [1.54, 1.807) is 51.2 Å². The fourth-order valence-corrected chi connectivity index (χ4v) is 5.37. The Bertz CT molecular complexity index is 1300. The van der Waals surface area contributed by atoms with E-state index >= 15 is 0 Å². The van der Waals surface area contributed by atoms with Crippen LogP contribution in [-0.4, -0.2) is 50.8 Å². The van der Waals surface area contributed by atoms with Crippen molar-refractivity contribution in [1.82, 2.24) is 9.88 Å². The molecule has 1 aromatic heterocycles. The maximum Gasteiger partial charge on any atom is 0.410 e. The van der Waals surface area contributed by atoms with Crippen molar-refractivity contribution < 1.29 is 29.0 Å². The first-order valence-corrected chi connectivity index (χ1v) is 14.8. The van der Waals surface area contributed by atoms with Crippen LogP contribution in [0.2, 0.25) is 0 Å². The third-order valence-corrected chi connectivity index (χ3v) is 7.60. The smallest absolute Gasteiger partial charge is 0.410 e. The Morgan fingerprint density at radius 1 is 1.02 bits per heavy atom. The third kappa shape index (κ3) is 8.20. The Hall–Kier alpha value is -3.69. The number of hydrogen-bond acceptors (Lipinski definition) is 7. The van der Waals surface area contributed by atoms with Crippen LogP contribution in [0, 0.1) is 5.92 Å². The monoisotopic (exact) mass is 577 g/mol. The maximum absolute atomic E-state index is 13.0. The van der Waals surface area contributed by atoms with Gasteiger partial charge in [0.25, 0.3) is 0 Å². The number of aromatic nitrogens is 1. The lowest BCUT2D eigenvalue weighted by atomic mass is 9.73. The molecule has 3 N–H and O–H groups in total. The maximum atomic E-state index is 13.0. The van der Waals surface area contributed by atoms with Crippen molar-refractivity contribution in [1.29, 1.82) is 0 Å². The normalized spacial score (nSPS) is 15.5. The molecule has 1 atom stereocenters. The van der Waals surface area contributed by atoms with Gasteiger partial charge in [-0.1, -0.05) is 61.7 Å². The van der Waals surface area contributed by atoms with Crippen LogP contribution in [0.25, 0.3) is 0 Å². The van der Waals surface area contributed by atoms with Crippen molar-refractivity contribution >= 4 is 17.7 Å². The lowest BCUT2D eigenvalue weighted by Gasteiger charge is -2.36. The molecule has 9 nitrogen and oxygen atoms in total. The Morgan fingerprint density at radius 3 is 2.36 bits per heavy atom. The average molecular weight is 578 g/mol. The second-order valence-corrected chi connectivity index (χ2v) is 12.0. The van der Waals surface area contributed by atoms with Crippen molar-refractivity contribution in [2.75, 3.05) is 18.4 Å². The lowest BCUT2D eigenvalue weighted by Crippen LogP contribution is -2.39. The van der Waals surface area contributed by atoms with Gasteiger partial charge in [-0.3, -0.25) is 4.79 Å². The van der Waals surface area contributed by atoms with Crippen molar-refractivity contribution in [3.8, 4) is 0 Å². The summed E-state index contributed by atoms with van der Waals surface area (Å²) in [7, 11) is 0. The summed E-state index contributed by atoms with van der Waals surface area (Å²) < 4.78 is 11.8. The van der Waals surface area contributed by atoms with E-state index in [1.807, 2.05) is 30.3 Å². The van der Waals surface area contributed by atoms with E-state index < -0.39 is 17.3 Å². The molecule has 42 heavy (non-hydrogen) atoms. The number of amides is 2. The van der Waals surface area contributed by atoms with Crippen molar-refractivity contribution in [2.24, 2.45) is 5.92 Å². The molecule has 0 radical (unpaired) electrons. The quantitative estimate of drug-likeness (QED) is 0.263. The molecule has 1 aliphatic carbocycles. The van der Waals surface area contributed by atoms with Crippen molar-refractivity contribution in [3.05, 3.63) is 83.6 Å². The molecule has 2 amide bonds. The highest BCUT2D eigenvalue weighted by molar-refractivity contribution is 5.91. The fraction of sp³-hybridized carbons (Fsp3) is 0.485. The van der Waals surface area contributed by atoms with Crippen LogP contribution in [-0.2, 0) is 28.2 Å². The molecule has 0 saturated heterocycles. The minimum Gasteiger partial charge on any atom is -0.444 e. The molecule has 4 rings (SSSR count). The van der Waals surface area contributed by atoms with E-state index in [4.69, 9.17) is 9.15 Å². The lowest BCUT2D eigenvalue weighted by molar-refractivity contribution is -0.116. The van der Waals surface area contributed by atoms with E-state index in [9.17, 15) is 19.8 Å². The van der Waals surface area contributed by atoms with Gasteiger partial charge in [0, 0.05) is 37.5 Å². The summed E-state index contributed by atoms with van der Waals surface area (Å²) in [4.78, 5) is 31.7. The Morgan fingerprint density at radius 2 is 1.71 bits per heavy atom. The Labute approximate surface area is 247 Å². The molecule has 0 unspecified atom stereocenters. The number of aliphatic hydroxyl groups excluding tert-OH is 1. The SMILES string of the molecule is CC(C)(C)OC(=O)N(CCC(=O)Nc1ccc(CO)cc1)CCc1cnc([C@](O)(c2ccccc2)C2CCCCC2)o1. The van der Waals surface area contributed by atoms with Crippen molar-refractivity contribution in [2.45, 2.75) is 83.5 Å². The molecule has 9 heteroatoms. The molecule has 1 fully saturated rings. The molecular weight excluding hydrogens is 534 g/mol. The molecule has 1 saturated carbocycles. The molecule has 226 valence electrons. The number of benzene rings is 2. The number of ether oxygens (including phenoxy) is 1. The minimum absolute atomic E-state index is 0.00299. The summed E-state index contributed by atoms with van der Waals surface area (Å²) >= 11 is 0. The molecule has 0 spiro atoms. The second kappa shape index (κ2) is 14.0. The van der Waals surface area contributed by atoms with Gasteiger partial charge in [0.1, 0.15) is 11.4 Å². The van der Waals surface area contributed by atoms with E-state index in [0.29, 0.717) is 17.9 Å². The number of aliphatic hydroxyl groups is 2. The molecule has 1 aliphatic rings. The van der Waals surface area contributed by atoms with Gasteiger partial charge >= 0.3 is 6.09 Å². The van der Waals surface area contributed by atoms with Gasteiger partial charge in [-0.15, -0.1) is 0 Å². The predicted octanol–water partition coefficient (Wildman–Crippen LogP) is 5.79. The highest BCUT2D eigenvalue weighted by Crippen LogP contribution is 2.43. The van der Waals surface area contributed by atoms with E-state index in [0.717, 1.165) is 43.2 Å². The summed E-state index contributed by atoms with van der Waals surface area (Å²) in [6.45, 7) is 5.71. The zero-order valence-electron chi connectivity index (χ0n) is 24.8. The van der Waals surface area contributed by atoms with Gasteiger partial charge in [0.2, 0.25) is 11.8 Å². The number of hydrogen-bond donors (Lipinski definition) is 3. The highest BCUT2D eigenvalue weighted by Gasteiger charge is 2.44. The minimum atomic E-state index is -1.34. The number of rotatable bonds is 11. The van der Waals surface area contributed by atoms with Gasteiger partial charge in [0.05, 0.1) is 12.8 Å². The summed E-state index contributed by atoms with van der Waals surface area (Å²) in [6.07, 6.45) is 6.55. The standard InChI is InChI=1S/C33H43N3O6/c1-32(2,3)42-31(39)36(21-19-29(38)35-27-16-14-24(23-37)15-17-27)20-18-28-22-34-30(41-28)33(40,25-10-6-4-7-11-25)26-12-8-5-9-13-26/h4,6-7,10-11,14-17,22,26,37,40H,5,8-9,12-13,18-21,23H2,1-3H3,(H,35,38)/t33-/m0/s1. The zero-order valence-corrected chi connectivity index (χ0v) is 24.8. The van der Waals surface area contributed by atoms with Crippen LogP contribution in [0.1, 0.15) is 82.1 Å². The molecular formula is C33H43N3O6. The second-order valence-electron chi connectivity index (χ2n) is 12.0. The van der Waals surface area contributed by atoms with Crippen LogP contribution >= 0.6 is 0 Å². The highest BCUT2D eigenvalue weighted by atomic mass is 16.6. The third-order valence-electron chi connectivity index (χ3n) is 7.60. The first-order valence-electron chi connectivity index (χ1n) is 14.8. The van der Waals surface area contributed by atoms with E-state index in [1.165, 1.54) is 4.90 Å². The molecule has 3 aromatic rings. The summed E-state index contributed by atoms with van der Waals surface area (Å²) in [5.74, 6) is 0.558. The molecule has 0 aliphatic heterocycles. The van der Waals surface area contributed by atoms with Gasteiger partial charge in [-0.05, 0) is 56.9 Å². The molecule has 0 bridgehead atoms. The van der Waals surface area contributed by atoms with Crippen molar-refractivity contribution in [3.63, 3.8) is 0 Å². The number of nitrogens with one attached hydrogen (secondary N) is 1. The van der Waals surface area contributed by atoms with E-state index in [-0.39, 0.29) is 43.8 Å².